The number of carboxylic acids is 1. The molecular formula is C31H32FN7O4. The number of halogens is 1. The van der Waals surface area contributed by atoms with Crippen molar-refractivity contribution in [2.45, 2.75) is 63.9 Å². The number of aromatic carboxylic acids is 1. The highest BCUT2D eigenvalue weighted by molar-refractivity contribution is 5.88. The van der Waals surface area contributed by atoms with Crippen LogP contribution in [0.1, 0.15) is 59.7 Å². The smallest absolute Gasteiger partial charge is 0.354 e. The van der Waals surface area contributed by atoms with Crippen molar-refractivity contribution >= 4 is 28.0 Å². The van der Waals surface area contributed by atoms with Crippen LogP contribution in [0.5, 0.6) is 5.88 Å². The maximum atomic E-state index is 14.8. The van der Waals surface area contributed by atoms with Crippen molar-refractivity contribution < 1.29 is 23.8 Å². The molecule has 7 rings (SSSR count). The molecule has 12 heteroatoms. The number of nitrogens with zero attached hydrogens (tertiary/aromatic N) is 6. The van der Waals surface area contributed by atoms with Crippen LogP contribution in [0.15, 0.2) is 48.7 Å². The third-order valence-corrected chi connectivity index (χ3v) is 8.60. The standard InChI is InChI=1S/C31H32FN7O4/c1-18-13-19(23-3-2-4-27(35-23)43-17-21-6-5-20-14-33-37-29(20)28(21)32)9-11-38(18)16-26-34-24-7-8-25(31(40)41)36-30(24)39(26)15-22-10-12-42-22/h2-8,14,18-19,22H,9-13,15-17H2,1H3,(H,33,37)(H,40,41)/t18?,19?,22-/m0/s1. The summed E-state index contributed by atoms with van der Waals surface area (Å²) in [5, 5.41) is 16.8. The number of likely N-dealkylation sites (tertiary alicyclic amines) is 1. The van der Waals surface area contributed by atoms with E-state index in [0.29, 0.717) is 41.2 Å². The van der Waals surface area contributed by atoms with E-state index in [1.165, 1.54) is 6.07 Å². The number of ether oxygens (including phenoxy) is 2. The summed E-state index contributed by atoms with van der Waals surface area (Å²) < 4.78 is 28.4. The monoisotopic (exact) mass is 585 g/mol. The van der Waals surface area contributed by atoms with Gasteiger partial charge in [0.2, 0.25) is 5.88 Å². The Hall–Kier alpha value is -4.42. The van der Waals surface area contributed by atoms with Gasteiger partial charge in [-0.2, -0.15) is 5.10 Å². The fraction of sp³-hybridized carbons (Fsp3) is 0.387. The Morgan fingerprint density at radius 2 is 2.05 bits per heavy atom. The molecule has 6 heterocycles. The van der Waals surface area contributed by atoms with Gasteiger partial charge in [-0.15, -0.1) is 0 Å². The molecule has 2 saturated heterocycles. The van der Waals surface area contributed by atoms with Crippen LogP contribution < -0.4 is 4.74 Å². The van der Waals surface area contributed by atoms with Crippen LogP contribution >= 0.6 is 0 Å². The second-order valence-corrected chi connectivity index (χ2v) is 11.4. The predicted molar refractivity (Wildman–Crippen MR) is 155 cm³/mol. The highest BCUT2D eigenvalue weighted by atomic mass is 19.1. The molecule has 5 aromatic rings. The third kappa shape index (κ3) is 5.43. The zero-order chi connectivity index (χ0) is 29.5. The quantitative estimate of drug-likeness (QED) is 0.253. The zero-order valence-corrected chi connectivity index (χ0v) is 23.7. The number of aromatic nitrogens is 6. The minimum atomic E-state index is -1.06. The van der Waals surface area contributed by atoms with Gasteiger partial charge in [-0.25, -0.2) is 24.1 Å². The van der Waals surface area contributed by atoms with E-state index in [1.807, 2.05) is 22.8 Å². The van der Waals surface area contributed by atoms with Crippen molar-refractivity contribution in [3.8, 4) is 5.88 Å². The molecule has 2 unspecified atom stereocenters. The number of aromatic amines is 1. The largest absolute Gasteiger partial charge is 0.477 e. The molecular weight excluding hydrogens is 553 g/mol. The molecule has 43 heavy (non-hydrogen) atoms. The minimum Gasteiger partial charge on any atom is -0.477 e. The minimum absolute atomic E-state index is 0.00615. The molecule has 0 amide bonds. The number of nitrogens with one attached hydrogen (secondary N) is 1. The number of benzene rings is 1. The second kappa shape index (κ2) is 11.3. The summed E-state index contributed by atoms with van der Waals surface area (Å²) >= 11 is 0. The number of hydrogen-bond acceptors (Lipinski definition) is 8. The Morgan fingerprint density at radius 3 is 2.84 bits per heavy atom. The molecule has 2 fully saturated rings. The molecule has 4 aromatic heterocycles. The Labute approximate surface area is 246 Å². The SMILES string of the molecule is CC1CC(c2cccc(OCc3ccc4cn[nH]c4c3F)n2)CCN1Cc1nc2ccc(C(=O)O)nc2n1C[C@@H]1CCO1. The van der Waals surface area contributed by atoms with Gasteiger partial charge in [0.05, 0.1) is 25.4 Å². The number of pyridine rings is 2. The van der Waals surface area contributed by atoms with Gasteiger partial charge in [0, 0.05) is 41.3 Å². The van der Waals surface area contributed by atoms with Gasteiger partial charge >= 0.3 is 5.97 Å². The lowest BCUT2D eigenvalue weighted by molar-refractivity contribution is -0.0593. The van der Waals surface area contributed by atoms with E-state index in [9.17, 15) is 14.3 Å². The molecule has 0 spiro atoms. The van der Waals surface area contributed by atoms with Crippen molar-refractivity contribution in [1.82, 2.24) is 34.6 Å². The summed E-state index contributed by atoms with van der Waals surface area (Å²) in [5.41, 5.74) is 3.05. The van der Waals surface area contributed by atoms with Gasteiger partial charge in [0.15, 0.2) is 17.2 Å². The number of piperidine rings is 1. The van der Waals surface area contributed by atoms with Gasteiger partial charge in [0.25, 0.3) is 0 Å². The summed E-state index contributed by atoms with van der Waals surface area (Å²) in [4.78, 5) is 28.0. The van der Waals surface area contributed by atoms with E-state index in [1.54, 1.807) is 24.4 Å². The summed E-state index contributed by atoms with van der Waals surface area (Å²) in [5.74, 6) is 0.170. The van der Waals surface area contributed by atoms with Gasteiger partial charge in [-0.05, 0) is 50.9 Å². The number of imidazole rings is 1. The van der Waals surface area contributed by atoms with Gasteiger partial charge in [0.1, 0.15) is 23.5 Å². The molecule has 2 aliphatic rings. The Kier molecular flexibility index (Phi) is 7.23. The predicted octanol–water partition coefficient (Wildman–Crippen LogP) is 4.68. The van der Waals surface area contributed by atoms with Crippen LogP contribution in [0.3, 0.4) is 0 Å². The Bertz CT molecular complexity index is 1800. The maximum Gasteiger partial charge on any atom is 0.354 e. The molecule has 2 N–H and O–H groups in total. The molecule has 3 atom stereocenters. The van der Waals surface area contributed by atoms with E-state index in [2.05, 4.69) is 27.0 Å². The molecule has 0 aliphatic carbocycles. The first-order valence-corrected chi connectivity index (χ1v) is 14.6. The number of hydrogen-bond donors (Lipinski definition) is 2. The molecule has 0 radical (unpaired) electrons. The third-order valence-electron chi connectivity index (χ3n) is 8.60. The first kappa shape index (κ1) is 27.4. The van der Waals surface area contributed by atoms with Crippen LogP contribution in [-0.2, 0) is 24.4 Å². The highest BCUT2D eigenvalue weighted by Crippen LogP contribution is 2.33. The Morgan fingerprint density at radius 1 is 1.16 bits per heavy atom. The van der Waals surface area contributed by atoms with Crippen molar-refractivity contribution in [3.05, 3.63) is 77.3 Å². The summed E-state index contributed by atoms with van der Waals surface area (Å²) in [6.07, 6.45) is 4.47. The number of fused-ring (bicyclic) bond motifs is 2. The number of carboxylic acid groups (broad SMARTS) is 1. The summed E-state index contributed by atoms with van der Waals surface area (Å²) in [7, 11) is 0. The highest BCUT2D eigenvalue weighted by Gasteiger charge is 2.30. The average molecular weight is 586 g/mol. The van der Waals surface area contributed by atoms with Crippen LogP contribution in [0.25, 0.3) is 22.1 Å². The van der Waals surface area contributed by atoms with Crippen molar-refractivity contribution in [1.29, 1.82) is 0 Å². The normalized spacial score (nSPS) is 20.8. The van der Waals surface area contributed by atoms with E-state index in [-0.39, 0.29) is 36.2 Å². The number of rotatable bonds is 9. The molecule has 0 saturated carbocycles. The van der Waals surface area contributed by atoms with Gasteiger partial charge in [-0.1, -0.05) is 18.2 Å². The molecule has 0 bridgehead atoms. The lowest BCUT2D eigenvalue weighted by atomic mass is 9.88. The molecule has 11 nitrogen and oxygen atoms in total. The maximum absolute atomic E-state index is 14.8. The van der Waals surface area contributed by atoms with Crippen molar-refractivity contribution in [3.63, 3.8) is 0 Å². The van der Waals surface area contributed by atoms with E-state index >= 15 is 0 Å². The topological polar surface area (TPSA) is 131 Å². The average Bonchev–Trinajstić information content (AvgIpc) is 3.60. The number of H-pyrrole nitrogens is 1. The molecule has 222 valence electrons. The fourth-order valence-corrected chi connectivity index (χ4v) is 6.04. The van der Waals surface area contributed by atoms with E-state index < -0.39 is 5.97 Å². The van der Waals surface area contributed by atoms with E-state index in [4.69, 9.17) is 19.4 Å². The van der Waals surface area contributed by atoms with Gasteiger partial charge < -0.3 is 19.1 Å². The van der Waals surface area contributed by atoms with Crippen molar-refractivity contribution in [2.75, 3.05) is 13.2 Å². The van der Waals surface area contributed by atoms with Gasteiger partial charge in [-0.3, -0.25) is 10.00 Å². The van der Waals surface area contributed by atoms with Crippen LogP contribution in [0.4, 0.5) is 4.39 Å². The fourth-order valence-electron chi connectivity index (χ4n) is 6.04. The summed E-state index contributed by atoms with van der Waals surface area (Å²) in [6.45, 7) is 5.10. The number of carbonyl (C=O) groups is 1. The second-order valence-electron chi connectivity index (χ2n) is 11.4. The Balaban J connectivity index is 1.03. The first-order chi connectivity index (χ1) is 20.9. The molecule has 1 aromatic carbocycles. The lowest BCUT2D eigenvalue weighted by Gasteiger charge is -2.37. The van der Waals surface area contributed by atoms with Crippen LogP contribution in [0, 0.1) is 5.82 Å². The summed E-state index contributed by atoms with van der Waals surface area (Å²) in [6, 6.07) is 12.8. The first-order valence-electron chi connectivity index (χ1n) is 14.6. The van der Waals surface area contributed by atoms with Crippen molar-refractivity contribution in [2.24, 2.45) is 0 Å². The lowest BCUT2D eigenvalue weighted by Crippen LogP contribution is -2.40. The van der Waals surface area contributed by atoms with Crippen LogP contribution in [0.2, 0.25) is 0 Å². The zero-order valence-electron chi connectivity index (χ0n) is 23.7. The van der Waals surface area contributed by atoms with E-state index in [0.717, 1.165) is 49.3 Å². The molecule has 2 aliphatic heterocycles. The van der Waals surface area contributed by atoms with Crippen LogP contribution in [-0.4, -0.2) is 71.0 Å².